The molecule has 0 saturated heterocycles. The Morgan fingerprint density at radius 1 is 1.22 bits per heavy atom. The number of carboxylic acid groups (broad SMARTS) is 1. The van der Waals surface area contributed by atoms with Crippen molar-refractivity contribution in [2.75, 3.05) is 0 Å². The SMILES string of the molecule is CC(C)Oc1ncc(-c2nc(-c3ccc(OC4CC(C(=O)[O-])C4)cc3Cl)no2)cc1Cl.[K+]. The van der Waals surface area contributed by atoms with E-state index >= 15 is 0 Å². The predicted molar refractivity (Wildman–Crippen MR) is 111 cm³/mol. The summed E-state index contributed by atoms with van der Waals surface area (Å²) in [4.78, 5) is 19.4. The molecule has 1 aliphatic carbocycles. The molecule has 162 valence electrons. The number of carbonyl (C=O) groups excluding carboxylic acids is 1. The molecular formula is C21H18Cl2KN3O5. The monoisotopic (exact) mass is 501 g/mol. The number of carbonyl (C=O) groups is 1. The van der Waals surface area contributed by atoms with Crippen LogP contribution in [0.3, 0.4) is 0 Å². The maximum atomic E-state index is 10.8. The molecule has 11 heteroatoms. The van der Waals surface area contributed by atoms with Gasteiger partial charge in [-0.2, -0.15) is 4.98 Å². The number of pyridine rings is 1. The number of halogens is 2. The molecule has 0 N–H and O–H groups in total. The average Bonchev–Trinajstić information content (AvgIpc) is 3.15. The van der Waals surface area contributed by atoms with Gasteiger partial charge in [-0.1, -0.05) is 28.4 Å². The van der Waals surface area contributed by atoms with Gasteiger partial charge in [0.05, 0.1) is 22.8 Å². The summed E-state index contributed by atoms with van der Waals surface area (Å²) in [5.74, 6) is -0.0936. The number of ether oxygens (including phenoxy) is 2. The molecule has 0 amide bonds. The van der Waals surface area contributed by atoms with E-state index in [9.17, 15) is 9.90 Å². The van der Waals surface area contributed by atoms with Crippen LogP contribution >= 0.6 is 23.2 Å². The van der Waals surface area contributed by atoms with Gasteiger partial charge < -0.3 is 23.9 Å². The van der Waals surface area contributed by atoms with E-state index in [2.05, 4.69) is 15.1 Å². The van der Waals surface area contributed by atoms with Crippen molar-refractivity contribution in [1.29, 1.82) is 0 Å². The van der Waals surface area contributed by atoms with E-state index in [0.29, 0.717) is 51.5 Å². The normalized spacial score (nSPS) is 17.4. The molecule has 0 spiro atoms. The summed E-state index contributed by atoms with van der Waals surface area (Å²) < 4.78 is 16.6. The first-order chi connectivity index (χ1) is 14.8. The Hall–Kier alpha value is -1.20. The molecule has 0 unspecified atom stereocenters. The summed E-state index contributed by atoms with van der Waals surface area (Å²) in [6.07, 6.45) is 2.17. The van der Waals surface area contributed by atoms with Crippen molar-refractivity contribution >= 4 is 29.2 Å². The Bertz CT molecular complexity index is 1120. The minimum atomic E-state index is -1.04. The van der Waals surface area contributed by atoms with Crippen LogP contribution in [0.25, 0.3) is 22.8 Å². The smallest absolute Gasteiger partial charge is 0.550 e. The topological polar surface area (TPSA) is 110 Å². The van der Waals surface area contributed by atoms with Gasteiger partial charge >= 0.3 is 51.4 Å². The fourth-order valence-corrected chi connectivity index (χ4v) is 3.57. The summed E-state index contributed by atoms with van der Waals surface area (Å²) in [6, 6.07) is 6.71. The van der Waals surface area contributed by atoms with E-state index in [1.165, 1.54) is 6.20 Å². The Balaban J connectivity index is 0.00000289. The van der Waals surface area contributed by atoms with Crippen molar-refractivity contribution in [1.82, 2.24) is 15.1 Å². The third kappa shape index (κ3) is 5.83. The fraction of sp³-hybridized carbons (Fsp3) is 0.333. The van der Waals surface area contributed by atoms with Crippen molar-refractivity contribution in [3.05, 3.63) is 40.5 Å². The van der Waals surface area contributed by atoms with Crippen LogP contribution in [-0.4, -0.2) is 33.3 Å². The molecule has 0 bridgehead atoms. The summed E-state index contributed by atoms with van der Waals surface area (Å²) in [5, 5.41) is 15.5. The number of hydrogen-bond acceptors (Lipinski definition) is 8. The van der Waals surface area contributed by atoms with E-state index in [1.54, 1.807) is 24.3 Å². The first-order valence-corrected chi connectivity index (χ1v) is 10.4. The van der Waals surface area contributed by atoms with Crippen LogP contribution in [-0.2, 0) is 4.79 Å². The summed E-state index contributed by atoms with van der Waals surface area (Å²) in [6.45, 7) is 3.76. The minimum absolute atomic E-state index is 0. The number of rotatable bonds is 7. The molecular weight excluding hydrogens is 484 g/mol. The molecule has 1 fully saturated rings. The zero-order valence-corrected chi connectivity index (χ0v) is 22.3. The van der Waals surface area contributed by atoms with Crippen molar-refractivity contribution < 1.29 is 75.3 Å². The maximum absolute atomic E-state index is 10.8. The second-order valence-electron chi connectivity index (χ2n) is 7.47. The molecule has 32 heavy (non-hydrogen) atoms. The van der Waals surface area contributed by atoms with Gasteiger partial charge in [0.1, 0.15) is 10.8 Å². The van der Waals surface area contributed by atoms with E-state index in [0.717, 1.165) is 0 Å². The minimum Gasteiger partial charge on any atom is -0.550 e. The summed E-state index contributed by atoms with van der Waals surface area (Å²) in [5.41, 5.74) is 1.10. The van der Waals surface area contributed by atoms with E-state index in [1.807, 2.05) is 13.8 Å². The van der Waals surface area contributed by atoms with Crippen LogP contribution in [0.2, 0.25) is 10.0 Å². The van der Waals surface area contributed by atoms with Crippen LogP contribution in [0.4, 0.5) is 0 Å². The first-order valence-electron chi connectivity index (χ1n) is 9.64. The number of hydrogen-bond donors (Lipinski definition) is 0. The van der Waals surface area contributed by atoms with Gasteiger partial charge in [-0.05, 0) is 51.0 Å². The van der Waals surface area contributed by atoms with E-state index < -0.39 is 11.9 Å². The molecule has 0 radical (unpaired) electrons. The van der Waals surface area contributed by atoms with Crippen LogP contribution in [0.15, 0.2) is 35.0 Å². The van der Waals surface area contributed by atoms with Crippen LogP contribution in [0, 0.1) is 5.92 Å². The standard InChI is InChI=1S/C21H19Cl2N3O5.K/c1-10(2)29-20-17(23)7-12(9-24-20)19-25-18(26-31-19)15-4-3-13(8-16(15)22)30-14-5-11(6-14)21(27)28;/h3-4,7-11,14H,5-6H2,1-2H3,(H,27,28);/q;+1/p-1. The van der Waals surface area contributed by atoms with Crippen molar-refractivity contribution in [2.45, 2.75) is 38.9 Å². The van der Waals surface area contributed by atoms with E-state index in [-0.39, 0.29) is 69.5 Å². The molecule has 8 nitrogen and oxygen atoms in total. The molecule has 2 aromatic heterocycles. The number of benzene rings is 1. The number of aromatic nitrogens is 3. The third-order valence-corrected chi connectivity index (χ3v) is 5.32. The Morgan fingerprint density at radius 2 is 1.97 bits per heavy atom. The maximum Gasteiger partial charge on any atom is 1.00 e. The van der Waals surface area contributed by atoms with E-state index in [4.69, 9.17) is 37.2 Å². The predicted octanol–water partition coefficient (Wildman–Crippen LogP) is 0.804. The zero-order valence-electron chi connectivity index (χ0n) is 17.7. The first kappa shape index (κ1) is 25.4. The molecule has 0 atom stereocenters. The van der Waals surface area contributed by atoms with Crippen molar-refractivity contribution in [2.24, 2.45) is 5.92 Å². The van der Waals surface area contributed by atoms with Crippen molar-refractivity contribution in [3.63, 3.8) is 0 Å². The van der Waals surface area contributed by atoms with Gasteiger partial charge in [-0.25, -0.2) is 4.98 Å². The number of aliphatic carboxylic acids is 1. The molecule has 4 rings (SSSR count). The Labute approximate surface area is 237 Å². The van der Waals surface area contributed by atoms with Gasteiger partial charge in [0, 0.05) is 23.6 Å². The Morgan fingerprint density at radius 3 is 2.59 bits per heavy atom. The largest absolute Gasteiger partial charge is 1.00 e. The molecule has 1 aliphatic rings. The molecule has 3 aromatic rings. The molecule has 1 aromatic carbocycles. The third-order valence-electron chi connectivity index (χ3n) is 4.74. The fourth-order valence-electron chi connectivity index (χ4n) is 3.10. The van der Waals surface area contributed by atoms with Crippen LogP contribution in [0.1, 0.15) is 26.7 Å². The van der Waals surface area contributed by atoms with Crippen LogP contribution < -0.4 is 66.0 Å². The summed E-state index contributed by atoms with van der Waals surface area (Å²) in [7, 11) is 0. The zero-order chi connectivity index (χ0) is 22.1. The second-order valence-corrected chi connectivity index (χ2v) is 8.28. The van der Waals surface area contributed by atoms with Gasteiger partial charge in [0.15, 0.2) is 0 Å². The average molecular weight is 502 g/mol. The molecule has 0 aliphatic heterocycles. The van der Waals surface area contributed by atoms with Crippen LogP contribution in [0.5, 0.6) is 11.6 Å². The van der Waals surface area contributed by atoms with Gasteiger partial charge in [0.25, 0.3) is 5.89 Å². The van der Waals surface area contributed by atoms with Crippen molar-refractivity contribution in [3.8, 4) is 34.5 Å². The quantitative estimate of drug-likeness (QED) is 0.437. The number of nitrogens with zero attached hydrogens (tertiary/aromatic N) is 3. The summed E-state index contributed by atoms with van der Waals surface area (Å²) >= 11 is 12.6. The second kappa shape index (κ2) is 10.8. The van der Waals surface area contributed by atoms with Gasteiger partial charge in [0.2, 0.25) is 11.7 Å². The molecule has 2 heterocycles. The van der Waals surface area contributed by atoms with Gasteiger partial charge in [-0.3, -0.25) is 0 Å². The molecule has 1 saturated carbocycles. The van der Waals surface area contributed by atoms with Gasteiger partial charge in [-0.15, -0.1) is 0 Å². The number of carboxylic acids is 1. The Kier molecular flexibility index (Phi) is 8.59.